The van der Waals surface area contributed by atoms with E-state index in [1.807, 2.05) is 31.2 Å². The first kappa shape index (κ1) is 10.5. The Kier molecular flexibility index (Phi) is 3.72. The first-order chi connectivity index (χ1) is 6.15. The van der Waals surface area contributed by atoms with Crippen molar-refractivity contribution in [3.8, 4) is 0 Å². The van der Waals surface area contributed by atoms with Gasteiger partial charge in [0.1, 0.15) is 0 Å². The van der Waals surface area contributed by atoms with Gasteiger partial charge in [0.25, 0.3) is 0 Å². The molecule has 0 aliphatic carbocycles. The van der Waals surface area contributed by atoms with Crippen molar-refractivity contribution >= 4 is 11.6 Å². The number of nitrogens with two attached hydrogens (primary N) is 1. The molecule has 3 heteroatoms. The topological polar surface area (TPSA) is 46.2 Å². The van der Waals surface area contributed by atoms with Crippen LogP contribution in [0.2, 0.25) is 5.02 Å². The molecule has 2 unspecified atom stereocenters. The Balaban J connectivity index is 2.82. The SMILES string of the molecule is CC(c1cccc(Cl)c1)C(O)CN. The maximum absolute atomic E-state index is 9.50. The van der Waals surface area contributed by atoms with E-state index in [2.05, 4.69) is 0 Å². The van der Waals surface area contributed by atoms with Crippen LogP contribution in [0.3, 0.4) is 0 Å². The minimum Gasteiger partial charge on any atom is -0.391 e. The van der Waals surface area contributed by atoms with Crippen molar-refractivity contribution in [3.63, 3.8) is 0 Å². The van der Waals surface area contributed by atoms with Gasteiger partial charge in [0, 0.05) is 17.5 Å². The van der Waals surface area contributed by atoms with Gasteiger partial charge in [-0.15, -0.1) is 0 Å². The molecule has 13 heavy (non-hydrogen) atoms. The molecular weight excluding hydrogens is 186 g/mol. The molecule has 2 nitrogen and oxygen atoms in total. The van der Waals surface area contributed by atoms with E-state index in [9.17, 15) is 5.11 Å². The zero-order valence-electron chi connectivity index (χ0n) is 7.57. The molecule has 0 saturated carbocycles. The Hall–Kier alpha value is -0.570. The summed E-state index contributed by atoms with van der Waals surface area (Å²) in [5.74, 6) is 0.0312. The van der Waals surface area contributed by atoms with Crippen LogP contribution in [0.25, 0.3) is 0 Å². The van der Waals surface area contributed by atoms with Crippen LogP contribution in [-0.4, -0.2) is 17.8 Å². The summed E-state index contributed by atoms with van der Waals surface area (Å²) in [6.45, 7) is 2.21. The zero-order chi connectivity index (χ0) is 9.84. The van der Waals surface area contributed by atoms with Gasteiger partial charge in [0.15, 0.2) is 0 Å². The lowest BCUT2D eigenvalue weighted by Crippen LogP contribution is -2.25. The van der Waals surface area contributed by atoms with Crippen LogP contribution in [-0.2, 0) is 0 Å². The van der Waals surface area contributed by atoms with E-state index in [1.54, 1.807) is 0 Å². The number of halogens is 1. The van der Waals surface area contributed by atoms with Gasteiger partial charge < -0.3 is 10.8 Å². The first-order valence-electron chi connectivity index (χ1n) is 4.28. The first-order valence-corrected chi connectivity index (χ1v) is 4.66. The highest BCUT2D eigenvalue weighted by Crippen LogP contribution is 2.21. The molecule has 1 aromatic rings. The second-order valence-corrected chi connectivity index (χ2v) is 3.58. The number of benzene rings is 1. The summed E-state index contributed by atoms with van der Waals surface area (Å²) in [6.07, 6.45) is -0.501. The monoisotopic (exact) mass is 199 g/mol. The molecule has 0 aliphatic rings. The Bertz CT molecular complexity index is 277. The quantitative estimate of drug-likeness (QED) is 0.780. The summed E-state index contributed by atoms with van der Waals surface area (Å²) in [5.41, 5.74) is 6.38. The lowest BCUT2D eigenvalue weighted by molar-refractivity contribution is 0.157. The van der Waals surface area contributed by atoms with Crippen LogP contribution in [0.1, 0.15) is 18.4 Å². The lowest BCUT2D eigenvalue weighted by atomic mass is 9.95. The Labute approximate surface area is 83.3 Å². The fraction of sp³-hybridized carbons (Fsp3) is 0.400. The number of aliphatic hydroxyl groups is 1. The maximum atomic E-state index is 9.50. The third-order valence-corrected chi connectivity index (χ3v) is 2.43. The van der Waals surface area contributed by atoms with Gasteiger partial charge in [0.05, 0.1) is 6.10 Å². The predicted molar refractivity (Wildman–Crippen MR) is 54.9 cm³/mol. The second-order valence-electron chi connectivity index (χ2n) is 3.15. The highest BCUT2D eigenvalue weighted by Gasteiger charge is 2.14. The summed E-state index contributed by atoms with van der Waals surface area (Å²) >= 11 is 5.82. The summed E-state index contributed by atoms with van der Waals surface area (Å²) in [4.78, 5) is 0. The van der Waals surface area contributed by atoms with E-state index in [1.165, 1.54) is 0 Å². The minimum absolute atomic E-state index is 0.0312. The molecule has 0 bridgehead atoms. The smallest absolute Gasteiger partial charge is 0.0728 e. The standard InChI is InChI=1S/C10H14ClNO/c1-7(10(13)6-12)8-3-2-4-9(11)5-8/h2-5,7,10,13H,6,12H2,1H3. The van der Waals surface area contributed by atoms with E-state index in [-0.39, 0.29) is 12.5 Å². The van der Waals surface area contributed by atoms with E-state index in [4.69, 9.17) is 17.3 Å². The van der Waals surface area contributed by atoms with Crippen molar-refractivity contribution in [2.75, 3.05) is 6.54 Å². The molecule has 1 rings (SSSR count). The summed E-state index contributed by atoms with van der Waals surface area (Å²) in [5, 5.41) is 10.2. The molecule has 72 valence electrons. The van der Waals surface area contributed by atoms with Crippen molar-refractivity contribution in [1.29, 1.82) is 0 Å². The molecule has 0 radical (unpaired) electrons. The van der Waals surface area contributed by atoms with E-state index >= 15 is 0 Å². The molecule has 0 fully saturated rings. The van der Waals surface area contributed by atoms with E-state index < -0.39 is 6.10 Å². The van der Waals surface area contributed by atoms with Gasteiger partial charge in [-0.3, -0.25) is 0 Å². The molecule has 0 aliphatic heterocycles. The van der Waals surface area contributed by atoms with E-state index in [0.29, 0.717) is 5.02 Å². The average Bonchev–Trinajstić information content (AvgIpc) is 2.15. The van der Waals surface area contributed by atoms with Crippen LogP contribution >= 0.6 is 11.6 Å². The molecule has 0 spiro atoms. The van der Waals surface area contributed by atoms with Gasteiger partial charge in [0.2, 0.25) is 0 Å². The number of rotatable bonds is 3. The Morgan fingerprint density at radius 3 is 2.77 bits per heavy atom. The summed E-state index contributed by atoms with van der Waals surface area (Å²) in [6, 6.07) is 7.48. The summed E-state index contributed by atoms with van der Waals surface area (Å²) in [7, 11) is 0. The van der Waals surface area contributed by atoms with Gasteiger partial charge in [-0.2, -0.15) is 0 Å². The highest BCUT2D eigenvalue weighted by atomic mass is 35.5. The molecule has 1 aromatic carbocycles. The van der Waals surface area contributed by atoms with Gasteiger partial charge >= 0.3 is 0 Å². The lowest BCUT2D eigenvalue weighted by Gasteiger charge is -2.17. The fourth-order valence-electron chi connectivity index (χ4n) is 1.22. The normalized spacial score (nSPS) is 15.4. The van der Waals surface area contributed by atoms with Crippen molar-refractivity contribution in [1.82, 2.24) is 0 Å². The zero-order valence-corrected chi connectivity index (χ0v) is 8.33. The third-order valence-electron chi connectivity index (χ3n) is 2.19. The fourth-order valence-corrected chi connectivity index (χ4v) is 1.41. The van der Waals surface area contributed by atoms with Crippen LogP contribution < -0.4 is 5.73 Å². The third kappa shape index (κ3) is 2.69. The largest absolute Gasteiger partial charge is 0.391 e. The van der Waals surface area contributed by atoms with Crippen molar-refractivity contribution < 1.29 is 5.11 Å². The van der Waals surface area contributed by atoms with Gasteiger partial charge in [-0.1, -0.05) is 30.7 Å². The van der Waals surface area contributed by atoms with Crippen LogP contribution in [0.5, 0.6) is 0 Å². The van der Waals surface area contributed by atoms with Crippen molar-refractivity contribution in [3.05, 3.63) is 34.9 Å². The van der Waals surface area contributed by atoms with Crippen LogP contribution in [0, 0.1) is 0 Å². The molecule has 0 amide bonds. The maximum Gasteiger partial charge on any atom is 0.0728 e. The van der Waals surface area contributed by atoms with Crippen LogP contribution in [0.4, 0.5) is 0 Å². The Morgan fingerprint density at radius 2 is 2.23 bits per heavy atom. The molecular formula is C10H14ClNO. The van der Waals surface area contributed by atoms with Crippen molar-refractivity contribution in [2.24, 2.45) is 5.73 Å². The number of hydrogen-bond acceptors (Lipinski definition) is 2. The molecule has 0 aromatic heterocycles. The number of aliphatic hydroxyl groups excluding tert-OH is 1. The summed E-state index contributed by atoms with van der Waals surface area (Å²) < 4.78 is 0. The highest BCUT2D eigenvalue weighted by molar-refractivity contribution is 6.30. The Morgan fingerprint density at radius 1 is 1.54 bits per heavy atom. The minimum atomic E-state index is -0.501. The second kappa shape index (κ2) is 4.61. The van der Waals surface area contributed by atoms with Gasteiger partial charge in [-0.05, 0) is 17.7 Å². The van der Waals surface area contributed by atoms with Gasteiger partial charge in [-0.25, -0.2) is 0 Å². The molecule has 0 heterocycles. The van der Waals surface area contributed by atoms with E-state index in [0.717, 1.165) is 5.56 Å². The molecule has 3 N–H and O–H groups in total. The molecule has 2 atom stereocenters. The average molecular weight is 200 g/mol. The predicted octanol–water partition coefficient (Wildman–Crippen LogP) is 1.76. The van der Waals surface area contributed by atoms with Crippen LogP contribution in [0.15, 0.2) is 24.3 Å². The number of hydrogen-bond donors (Lipinski definition) is 2. The molecule has 0 saturated heterocycles. The van der Waals surface area contributed by atoms with Crippen molar-refractivity contribution in [2.45, 2.75) is 18.9 Å².